The Morgan fingerprint density at radius 2 is 1.71 bits per heavy atom. The normalized spacial score (nSPS) is 37.7. The summed E-state index contributed by atoms with van der Waals surface area (Å²) in [4.78, 5) is 0. The highest BCUT2D eigenvalue weighted by Gasteiger charge is 2.59. The van der Waals surface area contributed by atoms with E-state index in [0.717, 1.165) is 31.8 Å². The van der Waals surface area contributed by atoms with Gasteiger partial charge in [0.15, 0.2) is 5.79 Å². The van der Waals surface area contributed by atoms with Crippen LogP contribution >= 0.6 is 0 Å². The molecule has 2 saturated carbocycles. The summed E-state index contributed by atoms with van der Waals surface area (Å²) in [6.45, 7) is 10.9. The number of ether oxygens (including phenoxy) is 3. The monoisotopic (exact) mass is 494 g/mol. The van der Waals surface area contributed by atoms with Crippen LogP contribution in [0.4, 0.5) is 0 Å². The van der Waals surface area contributed by atoms with Gasteiger partial charge in [-0.15, -0.1) is 0 Å². The van der Waals surface area contributed by atoms with E-state index in [1.165, 1.54) is 37.0 Å². The molecule has 3 fully saturated rings. The van der Waals surface area contributed by atoms with Crippen molar-refractivity contribution in [2.24, 2.45) is 29.1 Å². The minimum atomic E-state index is -1.67. The van der Waals surface area contributed by atoms with E-state index in [9.17, 15) is 0 Å². The molecule has 5 aliphatic rings. The second-order valence-corrected chi connectivity index (χ2v) is 17.2. The predicted octanol–water partition coefficient (Wildman–Crippen LogP) is 7.05. The van der Waals surface area contributed by atoms with Gasteiger partial charge in [0.25, 0.3) is 0 Å². The van der Waals surface area contributed by atoms with Crippen LogP contribution < -0.4 is 4.74 Å². The van der Waals surface area contributed by atoms with E-state index in [4.69, 9.17) is 18.6 Å². The van der Waals surface area contributed by atoms with E-state index in [2.05, 4.69) is 63.0 Å². The molecular weight excluding hydrogens is 452 g/mol. The van der Waals surface area contributed by atoms with E-state index in [-0.39, 0.29) is 11.2 Å². The van der Waals surface area contributed by atoms with Crippen LogP contribution in [0.15, 0.2) is 47.7 Å². The molecule has 0 aromatic heterocycles. The topological polar surface area (TPSA) is 36.9 Å². The second kappa shape index (κ2) is 8.49. The summed E-state index contributed by atoms with van der Waals surface area (Å²) in [6, 6.07) is 8.96. The third-order valence-electron chi connectivity index (χ3n) is 9.73. The van der Waals surface area contributed by atoms with Crippen LogP contribution in [0.5, 0.6) is 5.75 Å². The molecule has 190 valence electrons. The molecule has 4 nitrogen and oxygen atoms in total. The smallest absolute Gasteiger partial charge is 0.241 e. The maximum atomic E-state index is 6.77. The van der Waals surface area contributed by atoms with Gasteiger partial charge in [-0.25, -0.2) is 0 Å². The third-order valence-corrected chi connectivity index (χ3v) is 10.6. The highest BCUT2D eigenvalue weighted by molar-refractivity contribution is 6.70. The highest BCUT2D eigenvalue weighted by atomic mass is 28.4. The van der Waals surface area contributed by atoms with Gasteiger partial charge in [0, 0.05) is 18.3 Å². The number of hydrogen-bond donors (Lipinski definition) is 0. The zero-order valence-corrected chi connectivity index (χ0v) is 23.1. The first-order valence-electron chi connectivity index (χ1n) is 13.7. The molecule has 4 aliphatic carbocycles. The first-order valence-corrected chi connectivity index (χ1v) is 17.1. The molecule has 35 heavy (non-hydrogen) atoms. The molecule has 6 rings (SSSR count). The fourth-order valence-electron chi connectivity index (χ4n) is 8.33. The number of fused-ring (bicyclic) bond motifs is 5. The Bertz CT molecular complexity index is 1020. The largest absolute Gasteiger partial charge is 0.547 e. The van der Waals surface area contributed by atoms with Crippen molar-refractivity contribution >= 4 is 8.32 Å². The van der Waals surface area contributed by atoms with Gasteiger partial charge >= 0.3 is 0 Å². The maximum Gasteiger partial charge on any atom is 0.241 e. The van der Waals surface area contributed by atoms with Crippen molar-refractivity contribution in [2.45, 2.75) is 76.8 Å². The van der Waals surface area contributed by atoms with E-state index in [0.29, 0.717) is 29.6 Å². The van der Waals surface area contributed by atoms with Crippen molar-refractivity contribution < 1.29 is 18.6 Å². The van der Waals surface area contributed by atoms with Crippen molar-refractivity contribution in [2.75, 3.05) is 20.3 Å². The zero-order chi connectivity index (χ0) is 24.4. The third kappa shape index (κ3) is 4.02. The molecule has 0 bridgehead atoms. The molecule has 1 aliphatic heterocycles. The lowest BCUT2D eigenvalue weighted by Crippen LogP contribution is -2.51. The number of rotatable bonds is 4. The van der Waals surface area contributed by atoms with E-state index in [1.54, 1.807) is 12.7 Å². The quantitative estimate of drug-likeness (QED) is 0.332. The van der Waals surface area contributed by atoms with Gasteiger partial charge in [0.1, 0.15) is 5.75 Å². The molecule has 0 amide bonds. The number of benzene rings is 1. The molecule has 1 aromatic rings. The first-order chi connectivity index (χ1) is 16.7. The lowest BCUT2D eigenvalue weighted by molar-refractivity contribution is -0.176. The van der Waals surface area contributed by atoms with Crippen molar-refractivity contribution in [3.05, 3.63) is 53.3 Å². The lowest BCUT2D eigenvalue weighted by Gasteiger charge is -2.57. The molecule has 5 heteroatoms. The summed E-state index contributed by atoms with van der Waals surface area (Å²) in [5, 5.41) is 0. The Morgan fingerprint density at radius 3 is 2.40 bits per heavy atom. The molecule has 6 atom stereocenters. The van der Waals surface area contributed by atoms with Crippen LogP contribution in [0.1, 0.15) is 56.9 Å². The summed E-state index contributed by atoms with van der Waals surface area (Å²) in [5.41, 5.74) is 3.19. The molecule has 0 unspecified atom stereocenters. The summed E-state index contributed by atoms with van der Waals surface area (Å²) < 4.78 is 24.6. The number of methoxy groups -OCH3 is 1. The fourth-order valence-corrected chi connectivity index (χ4v) is 9.31. The predicted molar refractivity (Wildman–Crippen MR) is 141 cm³/mol. The van der Waals surface area contributed by atoms with Gasteiger partial charge in [-0.2, -0.15) is 0 Å². The van der Waals surface area contributed by atoms with E-state index < -0.39 is 8.32 Å². The van der Waals surface area contributed by atoms with Crippen LogP contribution in [-0.4, -0.2) is 34.4 Å². The van der Waals surface area contributed by atoms with Gasteiger partial charge in [-0.05, 0) is 98.7 Å². The molecule has 1 aromatic carbocycles. The molecule has 0 radical (unpaired) electrons. The Hall–Kier alpha value is -1.56. The van der Waals surface area contributed by atoms with Crippen molar-refractivity contribution in [3.8, 4) is 5.75 Å². The van der Waals surface area contributed by atoms with Crippen molar-refractivity contribution in [1.29, 1.82) is 0 Å². The molecular formula is C30H42O4Si. The minimum Gasteiger partial charge on any atom is -0.547 e. The van der Waals surface area contributed by atoms with Crippen LogP contribution in [0.25, 0.3) is 0 Å². The van der Waals surface area contributed by atoms with Gasteiger partial charge in [-0.1, -0.05) is 30.7 Å². The zero-order valence-electron chi connectivity index (χ0n) is 22.1. The number of hydrogen-bond acceptors (Lipinski definition) is 4. The van der Waals surface area contributed by atoms with Crippen molar-refractivity contribution in [1.82, 2.24) is 0 Å². The molecule has 1 saturated heterocycles. The molecule has 0 N–H and O–H groups in total. The van der Waals surface area contributed by atoms with E-state index in [1.807, 2.05) is 0 Å². The van der Waals surface area contributed by atoms with E-state index >= 15 is 0 Å². The van der Waals surface area contributed by atoms with Crippen LogP contribution in [-0.2, 0) is 13.9 Å². The summed E-state index contributed by atoms with van der Waals surface area (Å²) in [7, 11) is 0.0798. The molecule has 1 heterocycles. The minimum absolute atomic E-state index is 0.116. The Morgan fingerprint density at radius 1 is 0.971 bits per heavy atom. The second-order valence-electron chi connectivity index (χ2n) is 12.8. The van der Waals surface area contributed by atoms with Gasteiger partial charge < -0.3 is 18.6 Å². The van der Waals surface area contributed by atoms with Crippen LogP contribution in [0.2, 0.25) is 19.6 Å². The standard InChI is InChI=1S/C30H42O4Si/c1-29-19-25(20-6-9-22(31-2)10-7-20)28-23-14-15-30(32-16-17-33-30)18-21(23)8-11-24(28)26(29)12-13-27(29)34-35(3,4)5/h6-10,13,23-26,28H,11-12,14-19H2,1-5H3/t23-,24-,25+,26-,28+,29-/m0/s1. The fraction of sp³-hybridized carbons (Fsp3) is 0.667. The van der Waals surface area contributed by atoms with Crippen molar-refractivity contribution in [3.63, 3.8) is 0 Å². The summed E-state index contributed by atoms with van der Waals surface area (Å²) >= 11 is 0. The molecule has 1 spiro atoms. The average molecular weight is 495 g/mol. The van der Waals surface area contributed by atoms with Gasteiger partial charge in [0.05, 0.1) is 26.1 Å². The lowest BCUT2D eigenvalue weighted by atomic mass is 9.48. The van der Waals surface area contributed by atoms with Crippen LogP contribution in [0, 0.1) is 29.1 Å². The Labute approximate surface area is 212 Å². The Balaban J connectivity index is 1.38. The highest BCUT2D eigenvalue weighted by Crippen LogP contribution is 2.66. The summed E-state index contributed by atoms with van der Waals surface area (Å²) in [6.07, 6.45) is 11.7. The SMILES string of the molecule is COc1ccc([C@H]2C[C@]3(C)C(O[Si](C)(C)C)=CC[C@H]3[C@@H]3CC=C4CC5(CC[C@@H]4[C@H]32)OCCO5)cc1. The van der Waals surface area contributed by atoms with Gasteiger partial charge in [-0.3, -0.25) is 0 Å². The van der Waals surface area contributed by atoms with Gasteiger partial charge in [0.2, 0.25) is 8.32 Å². The van der Waals surface area contributed by atoms with Crippen LogP contribution in [0.3, 0.4) is 0 Å². The first kappa shape index (κ1) is 23.8. The summed E-state index contributed by atoms with van der Waals surface area (Å²) in [5.74, 6) is 5.06. The maximum absolute atomic E-state index is 6.77. The average Bonchev–Trinajstić information content (AvgIpc) is 3.41. The number of allylic oxidation sites excluding steroid dienone is 3. The Kier molecular flexibility index (Phi) is 5.78.